The molecule has 0 unspecified atom stereocenters. The Morgan fingerprint density at radius 2 is 1.57 bits per heavy atom. The highest BCUT2D eigenvalue weighted by Gasteiger charge is 2.28. The van der Waals surface area contributed by atoms with E-state index in [1.54, 1.807) is 0 Å². The summed E-state index contributed by atoms with van der Waals surface area (Å²) in [5.41, 5.74) is 0. The average Bonchev–Trinajstić information content (AvgIpc) is 2.66. The van der Waals surface area contributed by atoms with Crippen molar-refractivity contribution in [3.05, 3.63) is 22.2 Å². The molecule has 1 fully saturated rings. The van der Waals surface area contributed by atoms with Crippen LogP contribution in [0.5, 0.6) is 5.75 Å². The smallest absolute Gasteiger partial charge is 0.158 e. The van der Waals surface area contributed by atoms with Crippen LogP contribution in [0.25, 0.3) is 0 Å². The molecule has 0 saturated carbocycles. The minimum Gasteiger partial charge on any atom is -0.505 e. The van der Waals surface area contributed by atoms with Gasteiger partial charge in [-0.1, -0.05) is 23.2 Å². The largest absolute Gasteiger partial charge is 0.505 e. The number of aromatic hydroxyl groups is 1. The highest BCUT2D eigenvalue weighted by atomic mass is 35.5. The van der Waals surface area contributed by atoms with Gasteiger partial charge < -0.3 is 5.11 Å². The summed E-state index contributed by atoms with van der Waals surface area (Å²) in [5.74, 6) is 2.47. The maximum atomic E-state index is 9.41. The quantitative estimate of drug-likeness (QED) is 0.756. The second-order valence-corrected chi connectivity index (χ2v) is 6.43. The van der Waals surface area contributed by atoms with Crippen LogP contribution in [0.2, 0.25) is 10.0 Å². The molecule has 0 bridgehead atoms. The first-order valence-corrected chi connectivity index (χ1v) is 6.86. The zero-order chi connectivity index (χ0) is 10.1. The van der Waals surface area contributed by atoms with Crippen molar-refractivity contribution < 1.29 is 5.11 Å². The number of halogens is 2. The third kappa shape index (κ3) is 1.97. The van der Waals surface area contributed by atoms with Crippen LogP contribution in [0.3, 0.4) is 0 Å². The molecule has 4 heteroatoms. The lowest BCUT2D eigenvalue weighted by Gasteiger charge is -2.03. The average molecular weight is 250 g/mol. The van der Waals surface area contributed by atoms with Crippen LogP contribution in [-0.2, 0) is 10.9 Å². The fourth-order valence-corrected chi connectivity index (χ4v) is 4.57. The minimum absolute atomic E-state index is 0.000111. The van der Waals surface area contributed by atoms with E-state index in [-0.39, 0.29) is 5.75 Å². The number of hydrogen-bond acceptors (Lipinski definition) is 1. The standard InChI is InChI=1S/C10H10Cl2OS/c11-8-5-7(6-9(12)10(8)13)14-3-1-2-4-14/h5-6H,1-4H2/p+1. The van der Waals surface area contributed by atoms with Gasteiger partial charge in [0.15, 0.2) is 10.6 Å². The predicted molar refractivity (Wildman–Crippen MR) is 62.7 cm³/mol. The Morgan fingerprint density at radius 1 is 1.07 bits per heavy atom. The molecule has 1 aliphatic rings. The lowest BCUT2D eigenvalue weighted by atomic mass is 10.3. The summed E-state index contributed by atoms with van der Waals surface area (Å²) in [6, 6.07) is 3.69. The van der Waals surface area contributed by atoms with Crippen molar-refractivity contribution in [3.63, 3.8) is 0 Å². The van der Waals surface area contributed by atoms with E-state index in [0.29, 0.717) is 20.9 Å². The van der Waals surface area contributed by atoms with Gasteiger partial charge in [0.05, 0.1) is 10.0 Å². The second-order valence-electron chi connectivity index (χ2n) is 3.34. The molecule has 1 N–H and O–H groups in total. The van der Waals surface area contributed by atoms with Crippen LogP contribution in [0.4, 0.5) is 0 Å². The third-order valence-corrected chi connectivity index (χ3v) is 5.40. The van der Waals surface area contributed by atoms with Gasteiger partial charge in [-0.25, -0.2) is 0 Å². The van der Waals surface area contributed by atoms with E-state index in [4.69, 9.17) is 23.2 Å². The maximum Gasteiger partial charge on any atom is 0.158 e. The molecule has 0 aromatic heterocycles. The first-order valence-electron chi connectivity index (χ1n) is 4.54. The Hall–Kier alpha value is -0.0500. The van der Waals surface area contributed by atoms with Gasteiger partial charge >= 0.3 is 0 Å². The Kier molecular flexibility index (Phi) is 3.15. The molecule has 1 saturated heterocycles. The van der Waals surface area contributed by atoms with Crippen LogP contribution in [-0.4, -0.2) is 16.6 Å². The van der Waals surface area contributed by atoms with E-state index >= 15 is 0 Å². The van der Waals surface area contributed by atoms with E-state index in [0.717, 1.165) is 0 Å². The molecule has 14 heavy (non-hydrogen) atoms. The first kappa shape index (κ1) is 10.5. The Morgan fingerprint density at radius 3 is 2.07 bits per heavy atom. The highest BCUT2D eigenvalue weighted by Crippen LogP contribution is 2.36. The molecule has 76 valence electrons. The second kappa shape index (κ2) is 4.21. The van der Waals surface area contributed by atoms with Gasteiger partial charge in [-0.05, 0) is 12.8 Å². The summed E-state index contributed by atoms with van der Waals surface area (Å²) < 4.78 is 0. The van der Waals surface area contributed by atoms with Crippen LogP contribution in [0.1, 0.15) is 12.8 Å². The zero-order valence-corrected chi connectivity index (χ0v) is 9.92. The molecule has 1 aromatic carbocycles. The van der Waals surface area contributed by atoms with Crippen molar-refractivity contribution in [3.8, 4) is 5.75 Å². The summed E-state index contributed by atoms with van der Waals surface area (Å²) >= 11 is 11.7. The highest BCUT2D eigenvalue weighted by molar-refractivity contribution is 7.97. The van der Waals surface area contributed by atoms with E-state index < -0.39 is 0 Å². The summed E-state index contributed by atoms with van der Waals surface area (Å²) in [6.07, 6.45) is 2.58. The first-order chi connectivity index (χ1) is 6.68. The maximum absolute atomic E-state index is 9.41. The van der Waals surface area contributed by atoms with E-state index in [2.05, 4.69) is 0 Å². The summed E-state index contributed by atoms with van der Waals surface area (Å²) in [4.78, 5) is 1.19. The van der Waals surface area contributed by atoms with Crippen molar-refractivity contribution >= 4 is 34.1 Å². The Bertz CT molecular complexity index is 325. The molecule has 2 rings (SSSR count). The Labute approximate surface area is 96.4 Å². The predicted octanol–water partition coefficient (Wildman–Crippen LogP) is 3.47. The topological polar surface area (TPSA) is 20.2 Å². The van der Waals surface area contributed by atoms with Gasteiger partial charge in [-0.2, -0.15) is 0 Å². The molecule has 0 radical (unpaired) electrons. The molecule has 0 spiro atoms. The fraction of sp³-hybridized carbons (Fsp3) is 0.400. The number of phenolic OH excluding ortho intramolecular Hbond substituents is 1. The molecule has 1 aliphatic heterocycles. The normalized spacial score (nSPS) is 17.6. The molecule has 0 amide bonds. The van der Waals surface area contributed by atoms with E-state index in [1.165, 1.54) is 29.2 Å². The molecule has 0 aliphatic carbocycles. The summed E-state index contributed by atoms with van der Waals surface area (Å²) in [6.45, 7) is 0. The van der Waals surface area contributed by atoms with Gasteiger partial charge in [0.25, 0.3) is 0 Å². The van der Waals surface area contributed by atoms with Crippen LogP contribution < -0.4 is 0 Å². The summed E-state index contributed by atoms with van der Waals surface area (Å²) in [7, 11) is 0.300. The number of benzene rings is 1. The number of hydrogen-bond donors (Lipinski definition) is 1. The zero-order valence-electron chi connectivity index (χ0n) is 7.59. The molecular formula is C10H11Cl2OS+. The van der Waals surface area contributed by atoms with Crippen molar-refractivity contribution in [2.45, 2.75) is 17.7 Å². The lowest BCUT2D eigenvalue weighted by molar-refractivity contribution is 0.475. The molecule has 0 atom stereocenters. The molecule has 1 heterocycles. The summed E-state index contributed by atoms with van der Waals surface area (Å²) in [5, 5.41) is 10.1. The molecular weight excluding hydrogens is 239 g/mol. The van der Waals surface area contributed by atoms with Crippen LogP contribution in [0.15, 0.2) is 17.0 Å². The van der Waals surface area contributed by atoms with Gasteiger partial charge in [0.2, 0.25) is 0 Å². The van der Waals surface area contributed by atoms with E-state index in [9.17, 15) is 5.11 Å². The van der Waals surface area contributed by atoms with Gasteiger partial charge in [-0.3, -0.25) is 0 Å². The monoisotopic (exact) mass is 249 g/mol. The van der Waals surface area contributed by atoms with E-state index in [1.807, 2.05) is 12.1 Å². The minimum atomic E-state index is -0.000111. The fourth-order valence-electron chi connectivity index (χ4n) is 1.60. The van der Waals surface area contributed by atoms with Gasteiger partial charge in [0, 0.05) is 23.0 Å². The van der Waals surface area contributed by atoms with Crippen LogP contribution in [0, 0.1) is 0 Å². The molecule has 1 aromatic rings. The van der Waals surface area contributed by atoms with Gasteiger partial charge in [0.1, 0.15) is 11.5 Å². The number of phenols is 1. The van der Waals surface area contributed by atoms with Crippen molar-refractivity contribution in [1.29, 1.82) is 0 Å². The Balaban J connectivity index is 2.34. The van der Waals surface area contributed by atoms with Crippen molar-refractivity contribution in [2.24, 2.45) is 0 Å². The molecule has 1 nitrogen and oxygen atoms in total. The van der Waals surface area contributed by atoms with Crippen molar-refractivity contribution in [1.82, 2.24) is 0 Å². The SMILES string of the molecule is Oc1c(Cl)cc([S+]2CCCC2)cc1Cl. The van der Waals surface area contributed by atoms with Crippen LogP contribution >= 0.6 is 23.2 Å². The van der Waals surface area contributed by atoms with Crippen molar-refractivity contribution in [2.75, 3.05) is 11.5 Å². The lowest BCUT2D eigenvalue weighted by Crippen LogP contribution is -2.03. The van der Waals surface area contributed by atoms with Gasteiger partial charge in [-0.15, -0.1) is 0 Å². The number of rotatable bonds is 1. The third-order valence-electron chi connectivity index (χ3n) is 2.36.